The van der Waals surface area contributed by atoms with E-state index in [0.717, 1.165) is 16.5 Å². The van der Waals surface area contributed by atoms with E-state index in [2.05, 4.69) is 6.07 Å². The molecule has 0 radical (unpaired) electrons. The van der Waals surface area contributed by atoms with Gasteiger partial charge in [-0.25, -0.2) is 0 Å². The lowest BCUT2D eigenvalue weighted by molar-refractivity contribution is -0.138. The van der Waals surface area contributed by atoms with Gasteiger partial charge in [-0.2, -0.15) is 0 Å². The van der Waals surface area contributed by atoms with Gasteiger partial charge in [0.15, 0.2) is 0 Å². The van der Waals surface area contributed by atoms with E-state index in [1.54, 1.807) is 0 Å². The van der Waals surface area contributed by atoms with Gasteiger partial charge >= 0.3 is 5.97 Å². The van der Waals surface area contributed by atoms with Crippen molar-refractivity contribution in [3.63, 3.8) is 0 Å². The van der Waals surface area contributed by atoms with Crippen LogP contribution in [0.1, 0.15) is 5.56 Å². The molecule has 3 nitrogen and oxygen atoms in total. The first-order chi connectivity index (χ1) is 7.34. The van der Waals surface area contributed by atoms with Crippen molar-refractivity contribution in [3.8, 4) is 0 Å². The molecule has 1 aromatic carbocycles. The molecule has 0 aliphatic heterocycles. The van der Waals surface area contributed by atoms with E-state index in [4.69, 9.17) is 10.8 Å². The van der Waals surface area contributed by atoms with Crippen molar-refractivity contribution in [1.29, 1.82) is 0 Å². The Morgan fingerprint density at radius 3 is 2.06 bits per heavy atom. The first kappa shape index (κ1) is 13.0. The molecule has 0 heterocycles. The Hall–Kier alpha value is -1.09. The number of carboxylic acids is 1. The Bertz CT molecular complexity index is 410. The largest absolute Gasteiger partial charge is 0.480 e. The van der Waals surface area contributed by atoms with Gasteiger partial charge in [-0.3, -0.25) is 4.79 Å². The van der Waals surface area contributed by atoms with Gasteiger partial charge in [0.25, 0.3) is 0 Å². The van der Waals surface area contributed by atoms with Crippen molar-refractivity contribution in [1.82, 2.24) is 0 Å². The predicted molar refractivity (Wildman–Crippen MR) is 78.5 cm³/mol. The van der Waals surface area contributed by atoms with E-state index < -0.39 is 12.0 Å². The maximum absolute atomic E-state index is 10.8. The topological polar surface area (TPSA) is 63.3 Å². The third-order valence-corrected chi connectivity index (χ3v) is 3.26. The summed E-state index contributed by atoms with van der Waals surface area (Å²) < 4.78 is 0. The second-order valence-corrected chi connectivity index (χ2v) is 4.39. The number of rotatable bonds is 3. The van der Waals surface area contributed by atoms with Gasteiger partial charge in [0.2, 0.25) is 0 Å². The van der Waals surface area contributed by atoms with Crippen LogP contribution in [0.15, 0.2) is 6.07 Å². The number of aliphatic carboxylic acids is 1. The second kappa shape index (κ2) is 4.83. The SMILES string of the molecule is Bc1cc(B)c(B)c(C[C@H](N)C(=O)O)c1B. The lowest BCUT2D eigenvalue weighted by Crippen LogP contribution is -2.46. The van der Waals surface area contributed by atoms with Crippen LogP contribution in [-0.2, 0) is 11.2 Å². The van der Waals surface area contributed by atoms with Crippen LogP contribution in [0.2, 0.25) is 0 Å². The number of carboxylic acid groups (broad SMARTS) is 1. The highest BCUT2D eigenvalue weighted by molar-refractivity contribution is 6.56. The van der Waals surface area contributed by atoms with Crippen LogP contribution >= 0.6 is 0 Å². The summed E-state index contributed by atoms with van der Waals surface area (Å²) in [5.74, 6) is -0.946. The van der Waals surface area contributed by atoms with E-state index in [9.17, 15) is 4.79 Å². The number of carbonyl (C=O) groups is 1. The highest BCUT2D eigenvalue weighted by atomic mass is 16.4. The molecule has 80 valence electrons. The van der Waals surface area contributed by atoms with Crippen LogP contribution in [-0.4, -0.2) is 48.5 Å². The molecule has 3 N–H and O–H groups in total. The molecule has 0 aliphatic carbocycles. The van der Waals surface area contributed by atoms with Crippen LogP contribution in [0.25, 0.3) is 0 Å². The van der Waals surface area contributed by atoms with Crippen molar-refractivity contribution in [2.75, 3.05) is 0 Å². The molecule has 0 unspecified atom stereocenters. The first-order valence-electron chi connectivity index (χ1n) is 5.39. The predicted octanol–water partition coefficient (Wildman–Crippen LogP) is -6.33. The van der Waals surface area contributed by atoms with Crippen molar-refractivity contribution in [2.45, 2.75) is 12.5 Å². The zero-order chi connectivity index (χ0) is 12.5. The maximum atomic E-state index is 10.8. The Morgan fingerprint density at radius 2 is 1.69 bits per heavy atom. The zero-order valence-corrected chi connectivity index (χ0v) is 10.3. The molecule has 1 atom stereocenters. The lowest BCUT2D eigenvalue weighted by Gasteiger charge is -2.17. The van der Waals surface area contributed by atoms with Crippen LogP contribution in [0.4, 0.5) is 0 Å². The van der Waals surface area contributed by atoms with Crippen LogP contribution < -0.4 is 27.6 Å². The van der Waals surface area contributed by atoms with Gasteiger partial charge in [0.05, 0.1) is 0 Å². The van der Waals surface area contributed by atoms with E-state index in [-0.39, 0.29) is 0 Å². The molecule has 16 heavy (non-hydrogen) atoms. The minimum Gasteiger partial charge on any atom is -0.480 e. The molecule has 0 aromatic heterocycles. The molecule has 7 heteroatoms. The number of hydrogen-bond donors (Lipinski definition) is 2. The fraction of sp³-hybridized carbons (Fsp3) is 0.222. The van der Waals surface area contributed by atoms with Crippen molar-refractivity contribution in [3.05, 3.63) is 11.6 Å². The number of hydrogen-bond acceptors (Lipinski definition) is 2. The Morgan fingerprint density at radius 1 is 1.25 bits per heavy atom. The maximum Gasteiger partial charge on any atom is 0.320 e. The minimum absolute atomic E-state index is 0.398. The molecule has 1 rings (SSSR count). The third kappa shape index (κ3) is 2.53. The van der Waals surface area contributed by atoms with Crippen LogP contribution in [0.3, 0.4) is 0 Å². The Kier molecular flexibility index (Phi) is 3.92. The zero-order valence-electron chi connectivity index (χ0n) is 10.3. The summed E-state index contributed by atoms with van der Waals surface area (Å²) >= 11 is 0. The van der Waals surface area contributed by atoms with E-state index in [1.807, 2.05) is 31.4 Å². The van der Waals surface area contributed by atoms with E-state index >= 15 is 0 Å². The van der Waals surface area contributed by atoms with Gasteiger partial charge in [-0.15, -0.1) is 0 Å². The standard InChI is InChI=1S/C9H15B4NO2/c10-4-2-5(11)8(13)3(7(4)12)1-6(14)9(15)16/h2,6H,1,10-14H2,(H,15,16)/t6-/m0/s1. The Balaban J connectivity index is 3.17. The molecule has 0 bridgehead atoms. The fourth-order valence-corrected chi connectivity index (χ4v) is 1.91. The molecule has 0 fully saturated rings. The summed E-state index contributed by atoms with van der Waals surface area (Å²) in [6, 6.07) is 1.30. The van der Waals surface area contributed by atoms with Gasteiger partial charge in [0.1, 0.15) is 37.4 Å². The smallest absolute Gasteiger partial charge is 0.320 e. The summed E-state index contributed by atoms with van der Waals surface area (Å²) in [5, 5.41) is 8.84. The van der Waals surface area contributed by atoms with Gasteiger partial charge in [-0.1, -0.05) is 33.5 Å². The summed E-state index contributed by atoms with van der Waals surface area (Å²) in [5.41, 5.74) is 11.3. The average Bonchev–Trinajstić information content (AvgIpc) is 2.21. The van der Waals surface area contributed by atoms with Gasteiger partial charge < -0.3 is 10.8 Å². The summed E-state index contributed by atoms with van der Waals surface area (Å²) in [4.78, 5) is 10.8. The highest BCUT2D eigenvalue weighted by Crippen LogP contribution is 1.94. The second-order valence-electron chi connectivity index (χ2n) is 4.39. The molecule has 0 spiro atoms. The summed E-state index contributed by atoms with van der Waals surface area (Å²) in [6.07, 6.45) is 0.398. The lowest BCUT2D eigenvalue weighted by atomic mass is 9.66. The molecule has 0 aliphatic rings. The quantitative estimate of drug-likeness (QED) is 0.490. The first-order valence-corrected chi connectivity index (χ1v) is 5.39. The number of nitrogens with two attached hydrogens (primary N) is 1. The normalized spacial score (nSPS) is 12.3. The highest BCUT2D eigenvalue weighted by Gasteiger charge is 2.16. The molecule has 1 aromatic rings. The van der Waals surface area contributed by atoms with Crippen molar-refractivity contribution < 1.29 is 9.90 Å². The van der Waals surface area contributed by atoms with E-state index in [1.165, 1.54) is 10.9 Å². The fourth-order valence-electron chi connectivity index (χ4n) is 1.91. The summed E-state index contributed by atoms with van der Waals surface area (Å²) in [6.45, 7) is 0. The molecule has 0 saturated carbocycles. The average molecular weight is 212 g/mol. The monoisotopic (exact) mass is 213 g/mol. The summed E-state index contributed by atoms with van der Waals surface area (Å²) in [7, 11) is 8.12. The Labute approximate surface area is 99.4 Å². The number of benzene rings is 1. The minimum atomic E-state index is -0.946. The molecule has 0 saturated heterocycles. The molecular weight excluding hydrogens is 197 g/mol. The molecule has 0 amide bonds. The molecular formula is C9H15B4NO2. The van der Waals surface area contributed by atoms with Gasteiger partial charge in [0, 0.05) is 0 Å². The third-order valence-electron chi connectivity index (χ3n) is 3.26. The van der Waals surface area contributed by atoms with Gasteiger partial charge in [-0.05, 0) is 6.42 Å². The van der Waals surface area contributed by atoms with Crippen molar-refractivity contribution in [2.24, 2.45) is 5.73 Å². The van der Waals surface area contributed by atoms with Crippen molar-refractivity contribution >= 4 is 59.2 Å². The van der Waals surface area contributed by atoms with Crippen LogP contribution in [0, 0.1) is 0 Å². The van der Waals surface area contributed by atoms with Crippen LogP contribution in [0.5, 0.6) is 0 Å². The van der Waals surface area contributed by atoms with E-state index in [0.29, 0.717) is 6.42 Å².